The summed E-state index contributed by atoms with van der Waals surface area (Å²) in [6.07, 6.45) is 4.37. The molecule has 0 unspecified atom stereocenters. The minimum Gasteiger partial charge on any atom is -0.445 e. The van der Waals surface area contributed by atoms with Crippen LogP contribution in [0.15, 0.2) is 30.3 Å². The molecule has 198 valence electrons. The van der Waals surface area contributed by atoms with Crippen molar-refractivity contribution >= 4 is 12.2 Å². The molecular weight excluding hydrogens is 456 g/mol. The Bertz CT molecular complexity index is 903. The van der Waals surface area contributed by atoms with Gasteiger partial charge in [-0.15, -0.1) is 0 Å². The fraction of sp³-hybridized carbons (Fsp3) is 0.714. The van der Waals surface area contributed by atoms with Crippen LogP contribution in [0, 0.1) is 5.41 Å². The molecule has 3 heterocycles. The highest BCUT2D eigenvalue weighted by Gasteiger charge is 2.51. The highest BCUT2D eigenvalue weighted by atomic mass is 16.6. The molecule has 0 aromatic heterocycles. The average molecular weight is 499 g/mol. The van der Waals surface area contributed by atoms with E-state index in [1.165, 1.54) is 12.8 Å². The van der Waals surface area contributed by atoms with Crippen molar-refractivity contribution in [2.75, 3.05) is 52.4 Å². The van der Waals surface area contributed by atoms with Crippen LogP contribution in [0.25, 0.3) is 0 Å². The van der Waals surface area contributed by atoms with Crippen molar-refractivity contribution in [1.82, 2.24) is 19.6 Å². The number of rotatable bonds is 4. The Kier molecular flexibility index (Phi) is 7.18. The van der Waals surface area contributed by atoms with E-state index >= 15 is 0 Å². The van der Waals surface area contributed by atoms with Gasteiger partial charge in [0.1, 0.15) is 12.2 Å². The lowest BCUT2D eigenvalue weighted by Crippen LogP contribution is -2.68. The van der Waals surface area contributed by atoms with E-state index in [2.05, 4.69) is 9.80 Å². The number of hydrogen-bond donors (Lipinski definition) is 0. The van der Waals surface area contributed by atoms with Crippen LogP contribution in [0.1, 0.15) is 52.0 Å². The van der Waals surface area contributed by atoms with Crippen molar-refractivity contribution in [1.29, 1.82) is 0 Å². The maximum Gasteiger partial charge on any atom is 0.410 e. The molecule has 1 aromatic rings. The van der Waals surface area contributed by atoms with E-state index in [0.717, 1.165) is 70.8 Å². The number of hydrogen-bond acceptors (Lipinski definition) is 6. The Morgan fingerprint density at radius 2 is 1.44 bits per heavy atom. The summed E-state index contributed by atoms with van der Waals surface area (Å²) in [5.74, 6) is 0. The zero-order valence-corrected chi connectivity index (χ0v) is 22.2. The first-order valence-electron chi connectivity index (χ1n) is 13.6. The molecule has 1 spiro atoms. The Labute approximate surface area is 215 Å². The lowest BCUT2D eigenvalue weighted by Gasteiger charge is -2.59. The van der Waals surface area contributed by atoms with Crippen LogP contribution in [-0.2, 0) is 16.1 Å². The van der Waals surface area contributed by atoms with Gasteiger partial charge in [-0.2, -0.15) is 0 Å². The Hall–Kier alpha value is -2.32. The molecule has 0 radical (unpaired) electrons. The third-order valence-electron chi connectivity index (χ3n) is 8.51. The number of amides is 2. The molecule has 4 aliphatic rings. The summed E-state index contributed by atoms with van der Waals surface area (Å²) in [6, 6.07) is 11.1. The van der Waals surface area contributed by atoms with Crippen molar-refractivity contribution in [3.05, 3.63) is 35.9 Å². The van der Waals surface area contributed by atoms with Crippen molar-refractivity contribution in [2.24, 2.45) is 5.41 Å². The second kappa shape index (κ2) is 10.2. The molecule has 0 N–H and O–H groups in total. The quantitative estimate of drug-likeness (QED) is 0.629. The first-order chi connectivity index (χ1) is 17.2. The van der Waals surface area contributed by atoms with Crippen LogP contribution in [0.2, 0.25) is 0 Å². The van der Waals surface area contributed by atoms with Gasteiger partial charge in [-0.1, -0.05) is 30.3 Å². The number of carbonyl (C=O) groups is 2. The molecular formula is C28H42N4O4. The normalized spacial score (nSPS) is 23.8. The summed E-state index contributed by atoms with van der Waals surface area (Å²) >= 11 is 0. The van der Waals surface area contributed by atoms with Gasteiger partial charge in [0, 0.05) is 64.4 Å². The molecule has 4 fully saturated rings. The summed E-state index contributed by atoms with van der Waals surface area (Å²) in [7, 11) is 0. The second-order valence-corrected chi connectivity index (χ2v) is 12.2. The maximum absolute atomic E-state index is 12.4. The van der Waals surface area contributed by atoms with Crippen LogP contribution < -0.4 is 0 Å². The number of piperazine rings is 1. The van der Waals surface area contributed by atoms with E-state index in [1.807, 2.05) is 60.9 Å². The van der Waals surface area contributed by atoms with Gasteiger partial charge in [0.25, 0.3) is 0 Å². The van der Waals surface area contributed by atoms with Crippen molar-refractivity contribution in [3.63, 3.8) is 0 Å². The largest absolute Gasteiger partial charge is 0.445 e. The third-order valence-corrected chi connectivity index (χ3v) is 8.51. The number of ether oxygens (including phenoxy) is 2. The smallest absolute Gasteiger partial charge is 0.410 e. The minimum atomic E-state index is -0.430. The molecule has 8 heteroatoms. The van der Waals surface area contributed by atoms with Crippen molar-refractivity contribution in [2.45, 2.75) is 70.7 Å². The fourth-order valence-corrected chi connectivity index (χ4v) is 6.19. The lowest BCUT2D eigenvalue weighted by atomic mass is 9.59. The van der Waals surface area contributed by atoms with Crippen LogP contribution in [-0.4, -0.2) is 102 Å². The number of likely N-dealkylation sites (tertiary alicyclic amines) is 2. The molecule has 3 aliphatic heterocycles. The molecule has 1 aromatic carbocycles. The van der Waals surface area contributed by atoms with Gasteiger partial charge in [0.15, 0.2) is 0 Å². The van der Waals surface area contributed by atoms with E-state index in [1.54, 1.807) is 0 Å². The van der Waals surface area contributed by atoms with Crippen LogP contribution >= 0.6 is 0 Å². The van der Waals surface area contributed by atoms with Gasteiger partial charge in [0.2, 0.25) is 0 Å². The predicted molar refractivity (Wildman–Crippen MR) is 138 cm³/mol. The molecule has 1 aliphatic carbocycles. The van der Waals surface area contributed by atoms with Gasteiger partial charge in [-0.05, 0) is 57.4 Å². The molecule has 5 rings (SSSR count). The molecule has 0 atom stereocenters. The SMILES string of the molecule is CC(C)(C)OC(=O)N1CCC2(CC1)CC(N1CC(N3CCN(C(=O)OCc4ccccc4)CC3)C1)C2. The standard InChI is InChI=1S/C28H42N4O4/c1-27(2,3)36-26(34)30-11-9-28(10-12-30)17-23(18-28)32-19-24(20-32)29-13-15-31(16-14-29)25(33)35-21-22-7-5-4-6-8-22/h4-8,23-24H,9-21H2,1-3H3. The summed E-state index contributed by atoms with van der Waals surface area (Å²) < 4.78 is 11.0. The Morgan fingerprint density at radius 3 is 2.06 bits per heavy atom. The molecule has 2 amide bonds. The predicted octanol–water partition coefficient (Wildman–Crippen LogP) is 3.80. The monoisotopic (exact) mass is 498 g/mol. The summed E-state index contributed by atoms with van der Waals surface area (Å²) in [5.41, 5.74) is 1.02. The van der Waals surface area contributed by atoms with Crippen molar-refractivity contribution in [3.8, 4) is 0 Å². The summed E-state index contributed by atoms with van der Waals surface area (Å²) in [4.78, 5) is 33.7. The number of nitrogens with zero attached hydrogens (tertiary/aromatic N) is 4. The summed E-state index contributed by atoms with van der Waals surface area (Å²) in [6.45, 7) is 13.4. The fourth-order valence-electron chi connectivity index (χ4n) is 6.19. The zero-order chi connectivity index (χ0) is 25.3. The van der Waals surface area contributed by atoms with Crippen LogP contribution in [0.4, 0.5) is 9.59 Å². The van der Waals surface area contributed by atoms with E-state index in [0.29, 0.717) is 24.1 Å². The number of benzene rings is 1. The molecule has 36 heavy (non-hydrogen) atoms. The van der Waals surface area contributed by atoms with Gasteiger partial charge in [0.05, 0.1) is 0 Å². The highest BCUT2D eigenvalue weighted by molar-refractivity contribution is 5.68. The average Bonchev–Trinajstić information content (AvgIpc) is 2.81. The van der Waals surface area contributed by atoms with Crippen LogP contribution in [0.5, 0.6) is 0 Å². The first-order valence-corrected chi connectivity index (χ1v) is 13.6. The molecule has 8 nitrogen and oxygen atoms in total. The number of carbonyl (C=O) groups excluding carboxylic acids is 2. The maximum atomic E-state index is 12.4. The minimum absolute atomic E-state index is 0.164. The van der Waals surface area contributed by atoms with Gasteiger partial charge in [-0.3, -0.25) is 9.80 Å². The third kappa shape index (κ3) is 5.80. The molecule has 0 bridgehead atoms. The van der Waals surface area contributed by atoms with E-state index in [9.17, 15) is 9.59 Å². The second-order valence-electron chi connectivity index (χ2n) is 12.2. The first kappa shape index (κ1) is 25.3. The number of piperidine rings is 1. The van der Waals surface area contributed by atoms with Crippen LogP contribution in [0.3, 0.4) is 0 Å². The van der Waals surface area contributed by atoms with Gasteiger partial charge >= 0.3 is 12.2 Å². The van der Waals surface area contributed by atoms with E-state index in [4.69, 9.17) is 9.47 Å². The summed E-state index contributed by atoms with van der Waals surface area (Å²) in [5, 5.41) is 0. The zero-order valence-electron chi connectivity index (χ0n) is 22.2. The van der Waals surface area contributed by atoms with Gasteiger partial charge < -0.3 is 19.3 Å². The Balaban J connectivity index is 0.970. The van der Waals surface area contributed by atoms with E-state index < -0.39 is 5.60 Å². The highest BCUT2D eigenvalue weighted by Crippen LogP contribution is 2.52. The molecule has 3 saturated heterocycles. The lowest BCUT2D eigenvalue weighted by molar-refractivity contribution is -0.0936. The molecule has 1 saturated carbocycles. The topological polar surface area (TPSA) is 65.6 Å². The van der Waals surface area contributed by atoms with Gasteiger partial charge in [-0.25, -0.2) is 9.59 Å². The Morgan fingerprint density at radius 1 is 0.833 bits per heavy atom. The van der Waals surface area contributed by atoms with Crippen molar-refractivity contribution < 1.29 is 19.1 Å². The van der Waals surface area contributed by atoms with E-state index in [-0.39, 0.29) is 12.2 Å².